The van der Waals surface area contributed by atoms with Crippen molar-refractivity contribution < 1.29 is 14.3 Å². The van der Waals surface area contributed by atoms with Crippen LogP contribution in [0.2, 0.25) is 0 Å². The Kier molecular flexibility index (Phi) is 4.38. The van der Waals surface area contributed by atoms with Gasteiger partial charge in [0.05, 0.1) is 36.9 Å². The van der Waals surface area contributed by atoms with Crippen LogP contribution in [0.4, 0.5) is 0 Å². The van der Waals surface area contributed by atoms with Crippen LogP contribution in [0.25, 0.3) is 0 Å². The van der Waals surface area contributed by atoms with Crippen molar-refractivity contribution in [2.45, 2.75) is 51.2 Å². The van der Waals surface area contributed by atoms with Crippen molar-refractivity contribution in [3.05, 3.63) is 11.3 Å². The summed E-state index contributed by atoms with van der Waals surface area (Å²) < 4.78 is 12.9. The quantitative estimate of drug-likeness (QED) is 0.853. The second kappa shape index (κ2) is 6.28. The molecule has 6 nitrogen and oxygen atoms in total. The smallest absolute Gasteiger partial charge is 0.225 e. The molecule has 1 aromatic rings. The van der Waals surface area contributed by atoms with Gasteiger partial charge < -0.3 is 14.4 Å². The SMILES string of the molecule is COc1c(C2CCCN2C(=O)CC2CCCO2)c(C)nn1C. The maximum Gasteiger partial charge on any atom is 0.225 e. The van der Waals surface area contributed by atoms with Crippen LogP contribution in [-0.4, -0.2) is 47.0 Å². The van der Waals surface area contributed by atoms with Crippen LogP contribution in [0.15, 0.2) is 0 Å². The molecule has 22 heavy (non-hydrogen) atoms. The first-order chi connectivity index (χ1) is 10.6. The molecule has 0 aliphatic carbocycles. The van der Waals surface area contributed by atoms with Crippen LogP contribution in [0.3, 0.4) is 0 Å². The maximum absolute atomic E-state index is 12.7. The molecule has 122 valence electrons. The van der Waals surface area contributed by atoms with Gasteiger partial charge in [-0.05, 0) is 32.6 Å². The van der Waals surface area contributed by atoms with E-state index in [-0.39, 0.29) is 18.1 Å². The lowest BCUT2D eigenvalue weighted by atomic mass is 10.0. The van der Waals surface area contributed by atoms with Gasteiger partial charge in [-0.1, -0.05) is 0 Å². The molecule has 0 saturated carbocycles. The largest absolute Gasteiger partial charge is 0.481 e. The molecule has 0 radical (unpaired) electrons. The molecule has 0 spiro atoms. The van der Waals surface area contributed by atoms with E-state index >= 15 is 0 Å². The van der Waals surface area contributed by atoms with Gasteiger partial charge in [-0.25, -0.2) is 4.68 Å². The van der Waals surface area contributed by atoms with E-state index in [1.807, 2.05) is 18.9 Å². The van der Waals surface area contributed by atoms with Crippen LogP contribution in [0.5, 0.6) is 5.88 Å². The third-order valence-electron chi connectivity index (χ3n) is 4.74. The molecule has 1 amide bonds. The Hall–Kier alpha value is -1.56. The van der Waals surface area contributed by atoms with Gasteiger partial charge in [-0.2, -0.15) is 5.10 Å². The van der Waals surface area contributed by atoms with Crippen LogP contribution in [0, 0.1) is 6.92 Å². The fourth-order valence-electron chi connectivity index (χ4n) is 3.76. The summed E-state index contributed by atoms with van der Waals surface area (Å²) in [5.74, 6) is 0.957. The van der Waals surface area contributed by atoms with Crippen molar-refractivity contribution in [2.24, 2.45) is 7.05 Å². The fraction of sp³-hybridized carbons (Fsp3) is 0.750. The molecule has 2 aliphatic rings. The number of rotatable bonds is 4. The van der Waals surface area contributed by atoms with Gasteiger partial charge in [0, 0.05) is 20.2 Å². The molecule has 0 aromatic carbocycles. The fourth-order valence-corrected chi connectivity index (χ4v) is 3.76. The topological polar surface area (TPSA) is 56.6 Å². The second-order valence-electron chi connectivity index (χ2n) is 6.22. The number of amides is 1. The van der Waals surface area contributed by atoms with Crippen LogP contribution in [0.1, 0.15) is 49.4 Å². The van der Waals surface area contributed by atoms with Gasteiger partial charge >= 0.3 is 0 Å². The Morgan fingerprint density at radius 3 is 2.91 bits per heavy atom. The predicted octanol–water partition coefficient (Wildman–Crippen LogP) is 1.97. The van der Waals surface area contributed by atoms with Gasteiger partial charge in [0.2, 0.25) is 11.8 Å². The zero-order chi connectivity index (χ0) is 15.7. The molecule has 2 saturated heterocycles. The van der Waals surface area contributed by atoms with Crippen molar-refractivity contribution in [1.29, 1.82) is 0 Å². The number of carbonyl (C=O) groups excluding carboxylic acids is 1. The monoisotopic (exact) mass is 307 g/mol. The standard InChI is InChI=1S/C16H25N3O3/c1-11-15(16(21-3)18(2)17-11)13-7-4-8-19(13)14(20)10-12-6-5-9-22-12/h12-13H,4-10H2,1-3H3. The van der Waals surface area contributed by atoms with Gasteiger partial charge in [-0.3, -0.25) is 4.79 Å². The molecule has 3 rings (SSSR count). The second-order valence-corrected chi connectivity index (χ2v) is 6.22. The minimum Gasteiger partial charge on any atom is -0.481 e. The van der Waals surface area contributed by atoms with Crippen molar-refractivity contribution in [2.75, 3.05) is 20.3 Å². The first-order valence-corrected chi connectivity index (χ1v) is 8.10. The van der Waals surface area contributed by atoms with Crippen LogP contribution in [-0.2, 0) is 16.6 Å². The highest BCUT2D eigenvalue weighted by molar-refractivity contribution is 5.77. The van der Waals surface area contributed by atoms with E-state index in [0.717, 1.165) is 56.0 Å². The molecule has 2 unspecified atom stereocenters. The number of hydrogen-bond acceptors (Lipinski definition) is 4. The van der Waals surface area contributed by atoms with Gasteiger partial charge in [0.25, 0.3) is 0 Å². The first-order valence-electron chi connectivity index (χ1n) is 8.10. The number of carbonyl (C=O) groups is 1. The summed E-state index contributed by atoms with van der Waals surface area (Å²) in [6, 6.07) is 0.0811. The highest BCUT2D eigenvalue weighted by Crippen LogP contribution is 2.39. The summed E-state index contributed by atoms with van der Waals surface area (Å²) >= 11 is 0. The summed E-state index contributed by atoms with van der Waals surface area (Å²) in [4.78, 5) is 14.7. The summed E-state index contributed by atoms with van der Waals surface area (Å²) in [7, 11) is 3.54. The number of nitrogens with zero attached hydrogens (tertiary/aromatic N) is 3. The molecule has 3 heterocycles. The van der Waals surface area contributed by atoms with E-state index < -0.39 is 0 Å². The van der Waals surface area contributed by atoms with E-state index in [9.17, 15) is 4.79 Å². The van der Waals surface area contributed by atoms with Crippen molar-refractivity contribution in [3.8, 4) is 5.88 Å². The highest BCUT2D eigenvalue weighted by Gasteiger charge is 2.36. The summed E-state index contributed by atoms with van der Waals surface area (Å²) in [6.07, 6.45) is 4.67. The molecular formula is C16H25N3O3. The number of methoxy groups -OCH3 is 1. The molecule has 0 N–H and O–H groups in total. The van der Waals surface area contributed by atoms with Gasteiger partial charge in [0.1, 0.15) is 0 Å². The average Bonchev–Trinajstić information content (AvgIpc) is 3.18. The van der Waals surface area contributed by atoms with Crippen LogP contribution >= 0.6 is 0 Å². The normalized spacial score (nSPS) is 25.0. The molecule has 2 fully saturated rings. The highest BCUT2D eigenvalue weighted by atomic mass is 16.5. The van der Waals surface area contributed by atoms with E-state index in [1.165, 1.54) is 0 Å². The number of likely N-dealkylation sites (tertiary alicyclic amines) is 1. The first kappa shape index (κ1) is 15.3. The van der Waals surface area contributed by atoms with E-state index in [0.29, 0.717) is 6.42 Å². The molecule has 1 aromatic heterocycles. The average molecular weight is 307 g/mol. The molecule has 6 heteroatoms. The van der Waals surface area contributed by atoms with Crippen LogP contribution < -0.4 is 4.74 Å². The van der Waals surface area contributed by atoms with Gasteiger partial charge in [0.15, 0.2) is 0 Å². The zero-order valence-corrected chi connectivity index (χ0v) is 13.7. The lowest BCUT2D eigenvalue weighted by Crippen LogP contribution is -2.33. The molecule has 2 atom stereocenters. The number of aromatic nitrogens is 2. The molecular weight excluding hydrogens is 282 g/mol. The Morgan fingerprint density at radius 1 is 1.41 bits per heavy atom. The van der Waals surface area contributed by atoms with E-state index in [2.05, 4.69) is 5.10 Å². The van der Waals surface area contributed by atoms with Crippen molar-refractivity contribution in [1.82, 2.24) is 14.7 Å². The third-order valence-corrected chi connectivity index (χ3v) is 4.74. The zero-order valence-electron chi connectivity index (χ0n) is 13.7. The lowest BCUT2D eigenvalue weighted by Gasteiger charge is -2.26. The number of hydrogen-bond donors (Lipinski definition) is 0. The minimum atomic E-state index is 0.0811. The minimum absolute atomic E-state index is 0.0811. The summed E-state index contributed by atoms with van der Waals surface area (Å²) in [6.45, 7) is 3.59. The number of ether oxygens (including phenoxy) is 2. The molecule has 0 bridgehead atoms. The lowest BCUT2D eigenvalue weighted by molar-refractivity contribution is -0.134. The maximum atomic E-state index is 12.7. The predicted molar refractivity (Wildman–Crippen MR) is 81.8 cm³/mol. The molecule has 2 aliphatic heterocycles. The van der Waals surface area contributed by atoms with E-state index in [4.69, 9.17) is 9.47 Å². The Labute approximate surface area is 131 Å². The Bertz CT molecular complexity index is 549. The summed E-state index contributed by atoms with van der Waals surface area (Å²) in [5, 5.41) is 4.45. The summed E-state index contributed by atoms with van der Waals surface area (Å²) in [5.41, 5.74) is 2.00. The van der Waals surface area contributed by atoms with Gasteiger partial charge in [-0.15, -0.1) is 0 Å². The number of aryl methyl sites for hydroxylation is 2. The Balaban J connectivity index is 1.79. The van der Waals surface area contributed by atoms with E-state index in [1.54, 1.807) is 11.8 Å². The van der Waals surface area contributed by atoms with Crippen molar-refractivity contribution >= 4 is 5.91 Å². The van der Waals surface area contributed by atoms with Crippen molar-refractivity contribution in [3.63, 3.8) is 0 Å². The Morgan fingerprint density at radius 2 is 2.23 bits per heavy atom. The third kappa shape index (κ3) is 2.72.